The van der Waals surface area contributed by atoms with Crippen molar-refractivity contribution in [3.63, 3.8) is 0 Å². The minimum atomic E-state index is 0.685. The third-order valence-corrected chi connectivity index (χ3v) is 3.34. The third-order valence-electron chi connectivity index (χ3n) is 1.76. The summed E-state index contributed by atoms with van der Waals surface area (Å²) in [6.07, 6.45) is 3.43. The monoisotopic (exact) mass is 284 g/mol. The maximum absolute atomic E-state index is 5.23. The number of aryl methyl sites for hydroxylation is 1. The van der Waals surface area contributed by atoms with Gasteiger partial charge in [0.25, 0.3) is 5.22 Å². The second-order valence-electron chi connectivity index (χ2n) is 2.98. The third kappa shape index (κ3) is 2.82. The van der Waals surface area contributed by atoms with E-state index in [1.165, 1.54) is 11.8 Å². The van der Waals surface area contributed by atoms with E-state index in [4.69, 9.17) is 4.42 Å². The molecule has 2 aromatic heterocycles. The van der Waals surface area contributed by atoms with Gasteiger partial charge in [-0.1, -0.05) is 11.8 Å². The van der Waals surface area contributed by atoms with Gasteiger partial charge in [0.15, 0.2) is 0 Å². The van der Waals surface area contributed by atoms with Crippen molar-refractivity contribution in [1.29, 1.82) is 0 Å². The average Bonchev–Trinajstić information content (AvgIpc) is 2.63. The number of oxazole rings is 1. The van der Waals surface area contributed by atoms with Gasteiger partial charge in [0.05, 0.1) is 11.4 Å². The Balaban J connectivity index is 2.02. The Labute approximate surface area is 100 Å². The van der Waals surface area contributed by atoms with Gasteiger partial charge in [-0.05, 0) is 35.0 Å². The van der Waals surface area contributed by atoms with Crippen molar-refractivity contribution in [3.8, 4) is 0 Å². The normalized spacial score (nSPS) is 10.5. The van der Waals surface area contributed by atoms with Gasteiger partial charge in [-0.3, -0.25) is 4.98 Å². The van der Waals surface area contributed by atoms with E-state index in [1.807, 2.05) is 19.1 Å². The standard InChI is InChI=1S/C10H9BrN2OS/c1-7-5-14-10(13-7)15-6-9-8(11)3-2-4-12-9/h2-5H,6H2,1H3. The maximum Gasteiger partial charge on any atom is 0.256 e. The summed E-state index contributed by atoms with van der Waals surface area (Å²) in [6, 6.07) is 3.87. The second-order valence-corrected chi connectivity index (χ2v) is 4.76. The summed E-state index contributed by atoms with van der Waals surface area (Å²) < 4.78 is 6.25. The molecular weight excluding hydrogens is 276 g/mol. The smallest absolute Gasteiger partial charge is 0.256 e. The molecule has 5 heteroatoms. The van der Waals surface area contributed by atoms with Crippen LogP contribution >= 0.6 is 27.7 Å². The lowest BCUT2D eigenvalue weighted by Crippen LogP contribution is -1.87. The Morgan fingerprint density at radius 3 is 3.07 bits per heavy atom. The van der Waals surface area contributed by atoms with E-state index in [2.05, 4.69) is 25.9 Å². The molecule has 78 valence electrons. The SMILES string of the molecule is Cc1coc(SCc2ncccc2Br)n1. The van der Waals surface area contributed by atoms with Gasteiger partial charge in [0.2, 0.25) is 0 Å². The molecule has 0 atom stereocenters. The highest BCUT2D eigenvalue weighted by molar-refractivity contribution is 9.10. The van der Waals surface area contributed by atoms with Gasteiger partial charge in [0, 0.05) is 16.4 Å². The molecule has 0 bridgehead atoms. The molecule has 0 saturated heterocycles. The molecule has 0 radical (unpaired) electrons. The zero-order chi connectivity index (χ0) is 10.7. The number of hydrogen-bond acceptors (Lipinski definition) is 4. The molecule has 3 nitrogen and oxygen atoms in total. The molecule has 0 unspecified atom stereocenters. The van der Waals surface area contributed by atoms with Crippen LogP contribution in [0.25, 0.3) is 0 Å². The number of hydrogen-bond donors (Lipinski definition) is 0. The van der Waals surface area contributed by atoms with Crippen LogP contribution in [0.2, 0.25) is 0 Å². The quantitative estimate of drug-likeness (QED) is 0.810. The highest BCUT2D eigenvalue weighted by atomic mass is 79.9. The second kappa shape index (κ2) is 4.81. The Morgan fingerprint density at radius 1 is 1.53 bits per heavy atom. The van der Waals surface area contributed by atoms with Crippen LogP contribution in [0.15, 0.2) is 38.7 Å². The summed E-state index contributed by atoms with van der Waals surface area (Å²) in [5, 5.41) is 0.685. The predicted octanol–water partition coefficient (Wildman–Crippen LogP) is 3.43. The number of rotatable bonds is 3. The van der Waals surface area contributed by atoms with E-state index in [0.717, 1.165) is 21.6 Å². The van der Waals surface area contributed by atoms with Gasteiger partial charge in [-0.15, -0.1) is 0 Å². The molecule has 0 saturated carbocycles. The fraction of sp³-hybridized carbons (Fsp3) is 0.200. The first-order chi connectivity index (χ1) is 7.25. The van der Waals surface area contributed by atoms with Gasteiger partial charge in [-0.25, -0.2) is 4.98 Å². The molecule has 0 N–H and O–H groups in total. The lowest BCUT2D eigenvalue weighted by atomic mass is 10.4. The van der Waals surface area contributed by atoms with Crippen LogP contribution in [-0.2, 0) is 5.75 Å². The molecule has 2 aromatic rings. The number of nitrogens with zero attached hydrogens (tertiary/aromatic N) is 2. The first-order valence-electron chi connectivity index (χ1n) is 4.40. The van der Waals surface area contributed by atoms with Crippen LogP contribution < -0.4 is 0 Å². The zero-order valence-corrected chi connectivity index (χ0v) is 10.5. The predicted molar refractivity (Wildman–Crippen MR) is 62.7 cm³/mol. The van der Waals surface area contributed by atoms with Crippen molar-refractivity contribution in [3.05, 3.63) is 40.5 Å². The maximum atomic E-state index is 5.23. The van der Waals surface area contributed by atoms with E-state index in [-0.39, 0.29) is 0 Å². The topological polar surface area (TPSA) is 38.9 Å². The summed E-state index contributed by atoms with van der Waals surface area (Å²) in [5.74, 6) is 0.751. The zero-order valence-electron chi connectivity index (χ0n) is 8.11. The summed E-state index contributed by atoms with van der Waals surface area (Å²) in [7, 11) is 0. The van der Waals surface area contributed by atoms with Crippen molar-refractivity contribution in [2.45, 2.75) is 17.9 Å². The van der Waals surface area contributed by atoms with Crippen molar-refractivity contribution in [1.82, 2.24) is 9.97 Å². The summed E-state index contributed by atoms with van der Waals surface area (Å²) in [4.78, 5) is 8.47. The van der Waals surface area contributed by atoms with Crippen molar-refractivity contribution in [2.75, 3.05) is 0 Å². The molecule has 0 fully saturated rings. The molecule has 0 spiro atoms. The average molecular weight is 285 g/mol. The Bertz CT molecular complexity index is 458. The molecule has 2 heterocycles. The largest absolute Gasteiger partial charge is 0.440 e. The summed E-state index contributed by atoms with van der Waals surface area (Å²) >= 11 is 4.99. The van der Waals surface area contributed by atoms with E-state index in [0.29, 0.717) is 5.22 Å². The first kappa shape index (κ1) is 10.7. The fourth-order valence-electron chi connectivity index (χ4n) is 1.05. The lowest BCUT2D eigenvalue weighted by molar-refractivity contribution is 0.454. The molecule has 2 rings (SSSR count). The molecule has 15 heavy (non-hydrogen) atoms. The van der Waals surface area contributed by atoms with Crippen LogP contribution in [0.3, 0.4) is 0 Å². The number of pyridine rings is 1. The lowest BCUT2D eigenvalue weighted by Gasteiger charge is -1.99. The van der Waals surface area contributed by atoms with Gasteiger partial charge in [-0.2, -0.15) is 0 Å². The Kier molecular flexibility index (Phi) is 3.43. The number of aromatic nitrogens is 2. The van der Waals surface area contributed by atoms with E-state index >= 15 is 0 Å². The summed E-state index contributed by atoms with van der Waals surface area (Å²) in [6.45, 7) is 1.91. The Morgan fingerprint density at radius 2 is 2.40 bits per heavy atom. The van der Waals surface area contributed by atoms with Crippen LogP contribution in [0.1, 0.15) is 11.4 Å². The molecular formula is C10H9BrN2OS. The molecule has 0 aromatic carbocycles. The van der Waals surface area contributed by atoms with Crippen molar-refractivity contribution >= 4 is 27.7 Å². The van der Waals surface area contributed by atoms with E-state index in [9.17, 15) is 0 Å². The van der Waals surface area contributed by atoms with Gasteiger partial charge in [0.1, 0.15) is 6.26 Å². The summed E-state index contributed by atoms with van der Waals surface area (Å²) in [5.41, 5.74) is 1.90. The first-order valence-corrected chi connectivity index (χ1v) is 6.18. The van der Waals surface area contributed by atoms with Crippen molar-refractivity contribution in [2.24, 2.45) is 0 Å². The molecule has 0 aliphatic rings. The van der Waals surface area contributed by atoms with Gasteiger partial charge < -0.3 is 4.42 Å². The number of thioether (sulfide) groups is 1. The highest BCUT2D eigenvalue weighted by Crippen LogP contribution is 2.24. The molecule has 0 amide bonds. The van der Waals surface area contributed by atoms with Crippen LogP contribution in [-0.4, -0.2) is 9.97 Å². The van der Waals surface area contributed by atoms with Crippen LogP contribution in [0.4, 0.5) is 0 Å². The van der Waals surface area contributed by atoms with Crippen LogP contribution in [0, 0.1) is 6.92 Å². The van der Waals surface area contributed by atoms with Gasteiger partial charge >= 0.3 is 0 Å². The van der Waals surface area contributed by atoms with E-state index < -0.39 is 0 Å². The Hall–Kier alpha value is -0.810. The highest BCUT2D eigenvalue weighted by Gasteiger charge is 2.05. The number of halogens is 1. The molecule has 0 aliphatic heterocycles. The molecule has 0 aliphatic carbocycles. The van der Waals surface area contributed by atoms with Crippen molar-refractivity contribution < 1.29 is 4.42 Å². The van der Waals surface area contributed by atoms with Crippen LogP contribution in [0.5, 0.6) is 0 Å². The minimum absolute atomic E-state index is 0.685. The fourth-order valence-corrected chi connectivity index (χ4v) is 2.45. The van der Waals surface area contributed by atoms with E-state index in [1.54, 1.807) is 12.5 Å². The minimum Gasteiger partial charge on any atom is -0.440 e.